The van der Waals surface area contributed by atoms with E-state index in [-0.39, 0.29) is 12.1 Å². The fourth-order valence-corrected chi connectivity index (χ4v) is 4.04. The molecule has 2 aliphatic rings. The zero-order chi connectivity index (χ0) is 18.9. The van der Waals surface area contributed by atoms with Crippen molar-refractivity contribution in [2.45, 2.75) is 37.1 Å². The van der Waals surface area contributed by atoms with Crippen LogP contribution in [0.4, 0.5) is 4.79 Å². The molecule has 1 aliphatic heterocycles. The van der Waals surface area contributed by atoms with Gasteiger partial charge in [0.15, 0.2) is 0 Å². The number of rotatable bonds is 4. The molecule has 1 saturated heterocycles. The number of nitrogens with one attached hydrogen (secondary N) is 1. The molecule has 27 heavy (non-hydrogen) atoms. The molecule has 2 aromatic rings. The quantitative estimate of drug-likeness (QED) is 0.907. The van der Waals surface area contributed by atoms with Crippen molar-refractivity contribution in [1.29, 1.82) is 5.26 Å². The number of piperidine rings is 1. The van der Waals surface area contributed by atoms with Crippen LogP contribution >= 0.6 is 0 Å². The molecule has 1 N–H and O–H groups in total. The summed E-state index contributed by atoms with van der Waals surface area (Å²) in [5.74, 6) is 1.39. The van der Waals surface area contributed by atoms with Crippen molar-refractivity contribution in [2.75, 3.05) is 13.1 Å². The van der Waals surface area contributed by atoms with E-state index in [4.69, 9.17) is 0 Å². The maximum Gasteiger partial charge on any atom is 0.317 e. The van der Waals surface area contributed by atoms with Crippen LogP contribution in [0, 0.1) is 17.2 Å². The van der Waals surface area contributed by atoms with Crippen LogP contribution in [0.15, 0.2) is 42.7 Å². The van der Waals surface area contributed by atoms with E-state index in [1.165, 1.54) is 0 Å². The number of aryl methyl sites for hydroxylation is 1. The van der Waals surface area contributed by atoms with Gasteiger partial charge < -0.3 is 14.8 Å². The minimum Gasteiger partial charge on any atom is -0.336 e. The van der Waals surface area contributed by atoms with Gasteiger partial charge in [0.2, 0.25) is 0 Å². The van der Waals surface area contributed by atoms with E-state index in [1.807, 2.05) is 53.0 Å². The van der Waals surface area contributed by atoms with Gasteiger partial charge in [-0.25, -0.2) is 9.78 Å². The third kappa shape index (κ3) is 3.42. The number of likely N-dealkylation sites (tertiary alicyclic amines) is 1. The summed E-state index contributed by atoms with van der Waals surface area (Å²) in [6.07, 6.45) is 7.28. The number of carbonyl (C=O) groups is 1. The molecule has 2 amide bonds. The van der Waals surface area contributed by atoms with Crippen LogP contribution in [0.2, 0.25) is 0 Å². The molecule has 140 valence electrons. The Morgan fingerprint density at radius 2 is 2.00 bits per heavy atom. The second-order valence-corrected chi connectivity index (χ2v) is 7.71. The third-order valence-electron chi connectivity index (χ3n) is 5.95. The number of imidazole rings is 1. The normalized spacial score (nSPS) is 19.9. The zero-order valence-corrected chi connectivity index (χ0v) is 15.6. The summed E-state index contributed by atoms with van der Waals surface area (Å²) in [5, 5.41) is 13.0. The smallest absolute Gasteiger partial charge is 0.317 e. The molecule has 0 bridgehead atoms. The van der Waals surface area contributed by atoms with Crippen molar-refractivity contribution in [3.8, 4) is 6.07 Å². The van der Waals surface area contributed by atoms with Crippen molar-refractivity contribution in [1.82, 2.24) is 19.8 Å². The SMILES string of the molecule is Cn1ccnc1[C@@H](NC(=O)N1CCC(C#N)(c2ccccc2)CC1)C1CC1. The van der Waals surface area contributed by atoms with E-state index >= 15 is 0 Å². The molecule has 2 fully saturated rings. The van der Waals surface area contributed by atoms with E-state index in [9.17, 15) is 10.1 Å². The molecule has 1 atom stereocenters. The van der Waals surface area contributed by atoms with Gasteiger partial charge in [0.1, 0.15) is 5.82 Å². The van der Waals surface area contributed by atoms with E-state index < -0.39 is 5.41 Å². The van der Waals surface area contributed by atoms with Gasteiger partial charge in [-0.2, -0.15) is 5.26 Å². The topological polar surface area (TPSA) is 74.0 Å². The Kier molecular flexibility index (Phi) is 4.61. The van der Waals surface area contributed by atoms with Crippen LogP contribution in [-0.4, -0.2) is 33.6 Å². The molecule has 1 aromatic carbocycles. The number of aromatic nitrogens is 2. The summed E-state index contributed by atoms with van der Waals surface area (Å²) in [5.41, 5.74) is 0.560. The Morgan fingerprint density at radius 1 is 1.30 bits per heavy atom. The van der Waals surface area contributed by atoms with Gasteiger partial charge in [0.25, 0.3) is 0 Å². The van der Waals surface area contributed by atoms with Crippen molar-refractivity contribution < 1.29 is 4.79 Å². The summed E-state index contributed by atoms with van der Waals surface area (Å²) in [6.45, 7) is 1.18. The molecule has 2 heterocycles. The summed E-state index contributed by atoms with van der Waals surface area (Å²) in [7, 11) is 1.96. The predicted octanol–water partition coefficient (Wildman–Crippen LogP) is 3.14. The second-order valence-electron chi connectivity index (χ2n) is 7.71. The highest BCUT2D eigenvalue weighted by atomic mass is 16.2. The number of hydrogen-bond acceptors (Lipinski definition) is 3. The Labute approximate surface area is 159 Å². The number of benzene rings is 1. The van der Waals surface area contributed by atoms with Gasteiger partial charge in [-0.1, -0.05) is 30.3 Å². The standard InChI is InChI=1S/C21H25N5O/c1-25-14-11-23-19(25)18(16-7-8-16)24-20(27)26-12-9-21(15-22,10-13-26)17-5-3-2-4-6-17/h2-6,11,14,16,18H,7-10,12-13H2,1H3,(H,24,27)/t18-/m0/s1. The molecular weight excluding hydrogens is 338 g/mol. The van der Waals surface area contributed by atoms with Gasteiger partial charge in [-0.3, -0.25) is 0 Å². The van der Waals surface area contributed by atoms with Crippen LogP contribution in [0.3, 0.4) is 0 Å². The number of amides is 2. The third-order valence-corrected chi connectivity index (χ3v) is 5.95. The van der Waals surface area contributed by atoms with Crippen molar-refractivity contribution in [3.63, 3.8) is 0 Å². The average Bonchev–Trinajstić information content (AvgIpc) is 3.47. The molecule has 4 rings (SSSR count). The number of nitrogens with zero attached hydrogens (tertiary/aromatic N) is 4. The largest absolute Gasteiger partial charge is 0.336 e. The lowest BCUT2D eigenvalue weighted by molar-refractivity contribution is 0.166. The molecule has 1 aromatic heterocycles. The first kappa shape index (κ1) is 17.6. The minimum absolute atomic E-state index is 0.0331. The van der Waals surface area contributed by atoms with Crippen LogP contribution in [0.5, 0.6) is 0 Å². The lowest BCUT2D eigenvalue weighted by Crippen LogP contribution is -2.49. The summed E-state index contributed by atoms with van der Waals surface area (Å²) in [4.78, 5) is 19.2. The Balaban J connectivity index is 1.43. The molecule has 6 nitrogen and oxygen atoms in total. The molecule has 6 heteroatoms. The van der Waals surface area contributed by atoms with E-state index in [1.54, 1.807) is 6.20 Å². The first-order chi connectivity index (χ1) is 13.1. The van der Waals surface area contributed by atoms with Gasteiger partial charge in [0, 0.05) is 32.5 Å². The fraction of sp³-hybridized carbons (Fsp3) is 0.476. The Bertz CT molecular complexity index is 841. The molecule has 1 aliphatic carbocycles. The Hall–Kier alpha value is -2.81. The number of nitriles is 1. The van der Waals surface area contributed by atoms with Gasteiger partial charge in [-0.15, -0.1) is 0 Å². The highest BCUT2D eigenvalue weighted by Gasteiger charge is 2.40. The van der Waals surface area contributed by atoms with E-state index in [0.29, 0.717) is 31.8 Å². The van der Waals surface area contributed by atoms with E-state index in [0.717, 1.165) is 24.2 Å². The summed E-state index contributed by atoms with van der Waals surface area (Å²) in [6, 6.07) is 12.4. The van der Waals surface area contributed by atoms with Crippen LogP contribution in [0.1, 0.15) is 43.1 Å². The summed E-state index contributed by atoms with van der Waals surface area (Å²) >= 11 is 0. The lowest BCUT2D eigenvalue weighted by Gasteiger charge is -2.38. The summed E-state index contributed by atoms with van der Waals surface area (Å²) < 4.78 is 1.98. The van der Waals surface area contributed by atoms with Gasteiger partial charge in [-0.05, 0) is 37.2 Å². The minimum atomic E-state index is -0.492. The number of hydrogen-bond donors (Lipinski definition) is 1. The monoisotopic (exact) mass is 363 g/mol. The van der Waals surface area contributed by atoms with Gasteiger partial charge in [0.05, 0.1) is 17.5 Å². The first-order valence-corrected chi connectivity index (χ1v) is 9.62. The lowest BCUT2D eigenvalue weighted by atomic mass is 9.74. The maximum atomic E-state index is 12.9. The Morgan fingerprint density at radius 3 is 2.56 bits per heavy atom. The van der Waals surface area contributed by atoms with Crippen molar-refractivity contribution >= 4 is 6.03 Å². The molecule has 0 radical (unpaired) electrons. The first-order valence-electron chi connectivity index (χ1n) is 9.62. The fourth-order valence-electron chi connectivity index (χ4n) is 4.04. The maximum absolute atomic E-state index is 12.9. The predicted molar refractivity (Wildman–Crippen MR) is 102 cm³/mol. The molecule has 1 saturated carbocycles. The molecule has 0 spiro atoms. The van der Waals surface area contributed by atoms with Gasteiger partial charge >= 0.3 is 6.03 Å². The van der Waals surface area contributed by atoms with Crippen molar-refractivity contribution in [2.24, 2.45) is 13.0 Å². The highest BCUT2D eigenvalue weighted by molar-refractivity contribution is 5.75. The van der Waals surface area contributed by atoms with Crippen LogP contribution in [0.25, 0.3) is 0 Å². The van der Waals surface area contributed by atoms with Crippen molar-refractivity contribution in [3.05, 3.63) is 54.1 Å². The average molecular weight is 363 g/mol. The molecule has 0 unspecified atom stereocenters. The number of carbonyl (C=O) groups excluding carboxylic acids is 1. The molecular formula is C21H25N5O. The highest BCUT2D eigenvalue weighted by Crippen LogP contribution is 2.41. The van der Waals surface area contributed by atoms with E-state index in [2.05, 4.69) is 16.4 Å². The number of urea groups is 1. The second kappa shape index (κ2) is 7.07. The van der Waals surface area contributed by atoms with Crippen LogP contribution < -0.4 is 5.32 Å². The zero-order valence-electron chi connectivity index (χ0n) is 15.6. The van der Waals surface area contributed by atoms with Crippen LogP contribution in [-0.2, 0) is 12.5 Å².